The van der Waals surface area contributed by atoms with Crippen LogP contribution in [-0.4, -0.2) is 24.8 Å². The highest BCUT2D eigenvalue weighted by Gasteiger charge is 2.40. The number of fused-ring (bicyclic) bond motifs is 2. The van der Waals surface area contributed by atoms with Gasteiger partial charge in [0.2, 0.25) is 0 Å². The summed E-state index contributed by atoms with van der Waals surface area (Å²) >= 11 is 0. The van der Waals surface area contributed by atoms with Crippen molar-refractivity contribution in [2.45, 2.75) is 70.1 Å². The molecule has 0 aromatic rings. The predicted molar refractivity (Wildman–Crippen MR) is 65.4 cm³/mol. The number of ether oxygens (including phenoxy) is 1. The minimum atomic E-state index is 0.547. The fourth-order valence-electron chi connectivity index (χ4n) is 3.92. The molecule has 0 radical (unpaired) electrons. The second-order valence-electron chi connectivity index (χ2n) is 6.26. The van der Waals surface area contributed by atoms with Crippen LogP contribution in [0.3, 0.4) is 0 Å². The van der Waals surface area contributed by atoms with E-state index in [4.69, 9.17) is 4.74 Å². The predicted octanol–water partition coefficient (Wildman–Crippen LogP) is 2.72. The van der Waals surface area contributed by atoms with Gasteiger partial charge in [-0.15, -0.1) is 0 Å². The Hall–Kier alpha value is -0.0800. The molecule has 2 aliphatic heterocycles. The van der Waals surface area contributed by atoms with Crippen molar-refractivity contribution in [1.82, 2.24) is 5.32 Å². The molecule has 0 aromatic heterocycles. The van der Waals surface area contributed by atoms with Crippen molar-refractivity contribution >= 4 is 0 Å². The quantitative estimate of drug-likeness (QED) is 0.794. The Morgan fingerprint density at radius 1 is 1.12 bits per heavy atom. The molecule has 2 saturated heterocycles. The van der Waals surface area contributed by atoms with Crippen LogP contribution in [-0.2, 0) is 4.74 Å². The van der Waals surface area contributed by atoms with E-state index >= 15 is 0 Å². The van der Waals surface area contributed by atoms with Crippen LogP contribution in [0.1, 0.15) is 51.9 Å². The fraction of sp³-hybridized carbons (Fsp3) is 1.00. The molecule has 5 atom stereocenters. The van der Waals surface area contributed by atoms with E-state index in [9.17, 15) is 0 Å². The van der Waals surface area contributed by atoms with Crippen molar-refractivity contribution in [2.75, 3.05) is 6.54 Å². The van der Waals surface area contributed by atoms with Crippen LogP contribution in [0, 0.1) is 11.8 Å². The van der Waals surface area contributed by atoms with Crippen LogP contribution < -0.4 is 5.32 Å². The second-order valence-corrected chi connectivity index (χ2v) is 6.26. The highest BCUT2D eigenvalue weighted by atomic mass is 16.5. The third-order valence-corrected chi connectivity index (χ3v) is 4.82. The lowest BCUT2D eigenvalue weighted by molar-refractivity contribution is 0.0964. The first-order valence-electron chi connectivity index (χ1n) is 7.20. The fourth-order valence-corrected chi connectivity index (χ4v) is 3.92. The van der Waals surface area contributed by atoms with Gasteiger partial charge in [-0.3, -0.25) is 0 Å². The molecule has 1 aliphatic carbocycles. The monoisotopic (exact) mass is 223 g/mol. The number of hydrogen-bond donors (Lipinski definition) is 1. The number of nitrogens with one attached hydrogen (secondary N) is 1. The average molecular weight is 223 g/mol. The maximum absolute atomic E-state index is 5.88. The van der Waals surface area contributed by atoms with Gasteiger partial charge in [0.25, 0.3) is 0 Å². The van der Waals surface area contributed by atoms with Gasteiger partial charge in [0, 0.05) is 6.04 Å². The Morgan fingerprint density at radius 2 is 2.06 bits per heavy atom. The van der Waals surface area contributed by atoms with Gasteiger partial charge >= 0.3 is 0 Å². The van der Waals surface area contributed by atoms with E-state index < -0.39 is 0 Å². The molecule has 2 bridgehead atoms. The third-order valence-electron chi connectivity index (χ3n) is 4.82. The molecule has 5 unspecified atom stereocenters. The Labute approximate surface area is 99.1 Å². The van der Waals surface area contributed by atoms with Gasteiger partial charge in [-0.2, -0.15) is 0 Å². The average Bonchev–Trinajstić information content (AvgIpc) is 2.88. The molecule has 1 N–H and O–H groups in total. The zero-order chi connectivity index (χ0) is 11.0. The molecule has 2 heteroatoms. The van der Waals surface area contributed by atoms with Crippen molar-refractivity contribution in [2.24, 2.45) is 11.8 Å². The van der Waals surface area contributed by atoms with Crippen molar-refractivity contribution in [1.29, 1.82) is 0 Å². The number of rotatable bonds is 3. The summed E-state index contributed by atoms with van der Waals surface area (Å²) in [4.78, 5) is 0. The number of hydrogen-bond acceptors (Lipinski definition) is 2. The van der Waals surface area contributed by atoms with Crippen LogP contribution in [0.25, 0.3) is 0 Å². The molecular weight excluding hydrogens is 198 g/mol. The normalized spacial score (nSPS) is 47.4. The van der Waals surface area contributed by atoms with Gasteiger partial charge in [0.1, 0.15) is 0 Å². The molecule has 2 nitrogen and oxygen atoms in total. The standard InChI is InChI=1S/C14H25NO/c1-10-3-2-4-11(7-10)9-15-13-8-12-5-6-14(13)16-12/h10-15H,2-9H2,1H3. The van der Waals surface area contributed by atoms with Gasteiger partial charge in [0.05, 0.1) is 12.2 Å². The van der Waals surface area contributed by atoms with Gasteiger partial charge in [-0.25, -0.2) is 0 Å². The van der Waals surface area contributed by atoms with Gasteiger partial charge in [0.15, 0.2) is 0 Å². The van der Waals surface area contributed by atoms with Gasteiger partial charge < -0.3 is 10.1 Å². The SMILES string of the molecule is CC1CCCC(CNC2CC3CCC2O3)C1. The first-order valence-corrected chi connectivity index (χ1v) is 7.20. The molecule has 0 amide bonds. The van der Waals surface area contributed by atoms with Crippen molar-refractivity contribution in [3.8, 4) is 0 Å². The molecule has 92 valence electrons. The summed E-state index contributed by atoms with van der Waals surface area (Å²) in [5.41, 5.74) is 0. The zero-order valence-electron chi connectivity index (χ0n) is 10.5. The summed E-state index contributed by atoms with van der Waals surface area (Å²) < 4.78 is 5.88. The van der Waals surface area contributed by atoms with E-state index in [1.807, 2.05) is 0 Å². The van der Waals surface area contributed by atoms with E-state index in [1.165, 1.54) is 51.5 Å². The highest BCUT2D eigenvalue weighted by molar-refractivity contribution is 4.94. The minimum Gasteiger partial charge on any atom is -0.373 e. The topological polar surface area (TPSA) is 21.3 Å². The second kappa shape index (κ2) is 4.66. The smallest absolute Gasteiger partial charge is 0.0733 e. The van der Waals surface area contributed by atoms with Crippen LogP contribution >= 0.6 is 0 Å². The van der Waals surface area contributed by atoms with Crippen LogP contribution in [0.2, 0.25) is 0 Å². The Morgan fingerprint density at radius 3 is 2.75 bits per heavy atom. The molecule has 3 fully saturated rings. The summed E-state index contributed by atoms with van der Waals surface area (Å²) in [6, 6.07) is 0.677. The highest BCUT2D eigenvalue weighted by Crippen LogP contribution is 2.35. The lowest BCUT2D eigenvalue weighted by Gasteiger charge is -2.29. The molecule has 16 heavy (non-hydrogen) atoms. The molecule has 0 spiro atoms. The van der Waals surface area contributed by atoms with Crippen molar-refractivity contribution < 1.29 is 4.74 Å². The molecule has 1 saturated carbocycles. The maximum Gasteiger partial charge on any atom is 0.0733 e. The lowest BCUT2D eigenvalue weighted by Crippen LogP contribution is -2.40. The van der Waals surface area contributed by atoms with Crippen molar-refractivity contribution in [3.05, 3.63) is 0 Å². The van der Waals surface area contributed by atoms with E-state index in [0.717, 1.165) is 11.8 Å². The summed E-state index contributed by atoms with van der Waals surface area (Å²) in [7, 11) is 0. The van der Waals surface area contributed by atoms with Gasteiger partial charge in [-0.05, 0) is 50.5 Å². The van der Waals surface area contributed by atoms with Gasteiger partial charge in [-0.1, -0.05) is 19.8 Å². The van der Waals surface area contributed by atoms with E-state index in [0.29, 0.717) is 18.2 Å². The van der Waals surface area contributed by atoms with Crippen LogP contribution in [0.15, 0.2) is 0 Å². The molecule has 3 aliphatic rings. The third kappa shape index (κ3) is 2.28. The van der Waals surface area contributed by atoms with E-state index in [1.54, 1.807) is 0 Å². The lowest BCUT2D eigenvalue weighted by atomic mass is 9.82. The molecule has 0 aromatic carbocycles. The largest absolute Gasteiger partial charge is 0.373 e. The first-order chi connectivity index (χ1) is 7.81. The van der Waals surface area contributed by atoms with E-state index in [2.05, 4.69) is 12.2 Å². The Bertz CT molecular complexity index is 243. The molecular formula is C14H25NO. The first kappa shape index (κ1) is 11.0. The minimum absolute atomic E-state index is 0.547. The zero-order valence-corrected chi connectivity index (χ0v) is 10.5. The Balaban J connectivity index is 1.42. The van der Waals surface area contributed by atoms with Crippen molar-refractivity contribution in [3.63, 3.8) is 0 Å². The summed E-state index contributed by atoms with van der Waals surface area (Å²) in [5.74, 6) is 1.89. The summed E-state index contributed by atoms with van der Waals surface area (Å²) in [6.45, 7) is 3.65. The maximum atomic E-state index is 5.88. The summed E-state index contributed by atoms with van der Waals surface area (Å²) in [6.07, 6.45) is 10.8. The van der Waals surface area contributed by atoms with Crippen LogP contribution in [0.5, 0.6) is 0 Å². The van der Waals surface area contributed by atoms with Crippen LogP contribution in [0.4, 0.5) is 0 Å². The summed E-state index contributed by atoms with van der Waals surface area (Å²) in [5, 5.41) is 3.78. The molecule has 2 heterocycles. The molecule has 3 rings (SSSR count). The Kier molecular flexibility index (Phi) is 3.21. The van der Waals surface area contributed by atoms with E-state index in [-0.39, 0.29) is 0 Å².